The van der Waals surface area contributed by atoms with E-state index in [2.05, 4.69) is 31.2 Å². The normalized spacial score (nSPS) is 19.2. The number of hydrogen-bond donors (Lipinski definition) is 0. The first-order valence-corrected chi connectivity index (χ1v) is 10.1. The number of ether oxygens (including phenoxy) is 1. The van der Waals surface area contributed by atoms with Gasteiger partial charge >= 0.3 is 5.97 Å². The Labute approximate surface area is 157 Å². The Morgan fingerprint density at radius 1 is 1.15 bits per heavy atom. The molecule has 2 aliphatic rings. The van der Waals surface area contributed by atoms with Gasteiger partial charge in [-0.3, -0.25) is 4.79 Å². The number of aromatic nitrogens is 1. The quantitative estimate of drug-likeness (QED) is 0.595. The fraction of sp³-hybridized carbons (Fsp3) is 0.364. The first kappa shape index (κ1) is 16.0. The third kappa shape index (κ3) is 2.32. The molecule has 0 radical (unpaired) electrons. The highest BCUT2D eigenvalue weighted by atomic mass is 32.1. The summed E-state index contributed by atoms with van der Waals surface area (Å²) in [6.07, 6.45) is 4.24. The van der Waals surface area contributed by atoms with Gasteiger partial charge in [0.25, 0.3) is 0 Å². The number of carbonyl (C=O) groups is 1. The molecular formula is C22H21NO2S. The van der Waals surface area contributed by atoms with Gasteiger partial charge in [0.05, 0.1) is 12.5 Å². The molecule has 2 aromatic heterocycles. The average Bonchev–Trinajstić information content (AvgIpc) is 3.31. The van der Waals surface area contributed by atoms with Crippen molar-refractivity contribution in [2.24, 2.45) is 0 Å². The van der Waals surface area contributed by atoms with Crippen LogP contribution in [0.1, 0.15) is 46.0 Å². The maximum absolute atomic E-state index is 12.4. The summed E-state index contributed by atoms with van der Waals surface area (Å²) in [5.74, 6) is -0.297. The predicted octanol–water partition coefficient (Wildman–Crippen LogP) is 5.10. The van der Waals surface area contributed by atoms with E-state index >= 15 is 0 Å². The fourth-order valence-electron chi connectivity index (χ4n) is 4.46. The van der Waals surface area contributed by atoms with E-state index in [0.717, 1.165) is 35.4 Å². The molecule has 0 amide bonds. The molecular weight excluding hydrogens is 342 g/mol. The summed E-state index contributed by atoms with van der Waals surface area (Å²) in [7, 11) is 0. The van der Waals surface area contributed by atoms with Crippen LogP contribution in [0.4, 0.5) is 0 Å². The lowest BCUT2D eigenvalue weighted by molar-refractivity contribution is -0.139. The molecule has 26 heavy (non-hydrogen) atoms. The van der Waals surface area contributed by atoms with Crippen molar-refractivity contribution in [3.8, 4) is 11.1 Å². The van der Waals surface area contributed by atoms with Gasteiger partial charge in [-0.05, 0) is 61.8 Å². The lowest BCUT2D eigenvalue weighted by atomic mass is 9.86. The van der Waals surface area contributed by atoms with Crippen LogP contribution in [0, 0.1) is 13.8 Å². The number of fused-ring (bicyclic) bond motifs is 3. The van der Waals surface area contributed by atoms with Crippen molar-refractivity contribution < 1.29 is 9.53 Å². The van der Waals surface area contributed by atoms with Crippen molar-refractivity contribution >= 4 is 27.5 Å². The smallest absolute Gasteiger partial charge is 0.313 e. The molecule has 1 saturated heterocycles. The molecule has 3 aromatic rings. The molecule has 0 saturated carbocycles. The molecule has 1 aliphatic carbocycles. The molecule has 132 valence electrons. The van der Waals surface area contributed by atoms with E-state index in [4.69, 9.17) is 9.72 Å². The molecule has 1 aliphatic heterocycles. The summed E-state index contributed by atoms with van der Waals surface area (Å²) in [6.45, 7) is 4.66. The minimum Gasteiger partial charge on any atom is -0.465 e. The van der Waals surface area contributed by atoms with Gasteiger partial charge in [0, 0.05) is 16.0 Å². The maximum atomic E-state index is 12.4. The van der Waals surface area contributed by atoms with E-state index in [1.807, 2.05) is 18.3 Å². The predicted molar refractivity (Wildman–Crippen MR) is 105 cm³/mol. The van der Waals surface area contributed by atoms with Crippen molar-refractivity contribution in [1.82, 2.24) is 4.98 Å². The van der Waals surface area contributed by atoms with Gasteiger partial charge in [-0.2, -0.15) is 0 Å². The minimum absolute atomic E-state index is 0.102. The van der Waals surface area contributed by atoms with Crippen LogP contribution in [0.25, 0.3) is 21.3 Å². The van der Waals surface area contributed by atoms with Crippen LogP contribution in [0.15, 0.2) is 24.3 Å². The number of rotatable bonds is 2. The van der Waals surface area contributed by atoms with Crippen molar-refractivity contribution in [3.05, 3.63) is 51.5 Å². The van der Waals surface area contributed by atoms with Gasteiger partial charge in [-0.25, -0.2) is 4.98 Å². The zero-order valence-electron chi connectivity index (χ0n) is 15.1. The molecule has 1 atom stereocenters. The number of aryl methyl sites for hydroxylation is 4. The Morgan fingerprint density at radius 2 is 1.96 bits per heavy atom. The second-order valence-electron chi connectivity index (χ2n) is 7.40. The molecule has 3 nitrogen and oxygen atoms in total. The molecule has 3 heterocycles. The second kappa shape index (κ2) is 5.92. The zero-order valence-corrected chi connectivity index (χ0v) is 15.9. The number of esters is 1. The monoisotopic (exact) mass is 363 g/mol. The van der Waals surface area contributed by atoms with Crippen molar-refractivity contribution in [3.63, 3.8) is 0 Å². The number of nitrogens with zero attached hydrogens (tertiary/aromatic N) is 1. The average molecular weight is 363 g/mol. The Balaban J connectivity index is 1.87. The maximum Gasteiger partial charge on any atom is 0.313 e. The Kier molecular flexibility index (Phi) is 3.64. The lowest BCUT2D eigenvalue weighted by Crippen LogP contribution is -2.10. The van der Waals surface area contributed by atoms with E-state index in [0.29, 0.717) is 6.61 Å². The van der Waals surface area contributed by atoms with Crippen LogP contribution in [0.2, 0.25) is 0 Å². The Morgan fingerprint density at radius 3 is 2.69 bits per heavy atom. The van der Waals surface area contributed by atoms with Gasteiger partial charge in [0.1, 0.15) is 4.83 Å². The van der Waals surface area contributed by atoms with E-state index in [1.54, 1.807) is 0 Å². The molecule has 1 unspecified atom stereocenters. The summed E-state index contributed by atoms with van der Waals surface area (Å²) in [5, 5.41) is 1.28. The molecule has 1 fully saturated rings. The van der Waals surface area contributed by atoms with Crippen LogP contribution in [0.3, 0.4) is 0 Å². The minimum atomic E-state index is -0.194. The van der Waals surface area contributed by atoms with Crippen LogP contribution in [0.5, 0.6) is 0 Å². The standard InChI is InChI=1S/C22H21NO2S/c1-12-6-8-14(9-7-12)19-18(16-10-11-25-22(16)24)13(2)23-21-20(19)15-4-3-5-17(15)26-21/h6-9,16H,3-5,10-11H2,1-2H3. The molecule has 0 N–H and O–H groups in total. The molecule has 1 aromatic carbocycles. The first-order chi connectivity index (χ1) is 12.6. The summed E-state index contributed by atoms with van der Waals surface area (Å²) in [5.41, 5.74) is 7.16. The number of hydrogen-bond acceptors (Lipinski definition) is 4. The Hall–Kier alpha value is -2.20. The molecule has 5 rings (SSSR count). The highest BCUT2D eigenvalue weighted by Crippen LogP contribution is 2.46. The number of carbonyl (C=O) groups excluding carboxylic acids is 1. The highest BCUT2D eigenvalue weighted by Gasteiger charge is 2.34. The number of thiophene rings is 1. The third-order valence-electron chi connectivity index (χ3n) is 5.71. The van der Waals surface area contributed by atoms with Crippen LogP contribution >= 0.6 is 11.3 Å². The van der Waals surface area contributed by atoms with Crippen LogP contribution in [-0.2, 0) is 22.4 Å². The van der Waals surface area contributed by atoms with Crippen LogP contribution < -0.4 is 0 Å². The first-order valence-electron chi connectivity index (χ1n) is 9.32. The van der Waals surface area contributed by atoms with Crippen LogP contribution in [-0.4, -0.2) is 17.6 Å². The van der Waals surface area contributed by atoms with E-state index in [1.165, 1.54) is 38.9 Å². The molecule has 4 heteroatoms. The third-order valence-corrected chi connectivity index (χ3v) is 6.89. The number of pyridine rings is 1. The topological polar surface area (TPSA) is 39.2 Å². The van der Waals surface area contributed by atoms with Gasteiger partial charge in [0.15, 0.2) is 0 Å². The van der Waals surface area contributed by atoms with Crippen molar-refractivity contribution in [2.75, 3.05) is 6.61 Å². The van der Waals surface area contributed by atoms with E-state index < -0.39 is 0 Å². The summed E-state index contributed by atoms with van der Waals surface area (Å²) in [6, 6.07) is 8.68. The lowest BCUT2D eigenvalue weighted by Gasteiger charge is -2.18. The van der Waals surface area contributed by atoms with Crippen molar-refractivity contribution in [1.29, 1.82) is 0 Å². The SMILES string of the molecule is Cc1ccc(-c2c(C3CCOC3=O)c(C)nc3sc4c(c23)CCC4)cc1. The summed E-state index contributed by atoms with van der Waals surface area (Å²) < 4.78 is 5.31. The van der Waals surface area contributed by atoms with Gasteiger partial charge in [-0.15, -0.1) is 11.3 Å². The second-order valence-corrected chi connectivity index (χ2v) is 8.48. The number of cyclic esters (lactones) is 1. The molecule has 0 spiro atoms. The van der Waals surface area contributed by atoms with E-state index in [-0.39, 0.29) is 11.9 Å². The van der Waals surface area contributed by atoms with Gasteiger partial charge < -0.3 is 4.74 Å². The zero-order chi connectivity index (χ0) is 17.8. The molecule has 0 bridgehead atoms. The number of benzene rings is 1. The van der Waals surface area contributed by atoms with Gasteiger partial charge in [-0.1, -0.05) is 29.8 Å². The highest BCUT2D eigenvalue weighted by molar-refractivity contribution is 7.19. The van der Waals surface area contributed by atoms with E-state index in [9.17, 15) is 4.79 Å². The van der Waals surface area contributed by atoms with Gasteiger partial charge in [0.2, 0.25) is 0 Å². The fourth-order valence-corrected chi connectivity index (χ4v) is 5.78. The summed E-state index contributed by atoms with van der Waals surface area (Å²) in [4.78, 5) is 20.0. The summed E-state index contributed by atoms with van der Waals surface area (Å²) >= 11 is 1.84. The largest absolute Gasteiger partial charge is 0.465 e. The van der Waals surface area contributed by atoms with Crippen molar-refractivity contribution in [2.45, 2.75) is 45.4 Å². The Bertz CT molecular complexity index is 1030.